The largest absolute Gasteiger partial charge is 0.493 e. The molecule has 0 unspecified atom stereocenters. The van der Waals surface area contributed by atoms with Crippen molar-refractivity contribution in [3.63, 3.8) is 0 Å². The van der Waals surface area contributed by atoms with Crippen LogP contribution >= 0.6 is 0 Å². The number of nitrogens with zero attached hydrogens (tertiary/aromatic N) is 4. The number of carbonyl (C=O) groups is 1. The van der Waals surface area contributed by atoms with Gasteiger partial charge in [-0.25, -0.2) is 4.98 Å². The number of rotatable bonds is 4. The number of ether oxygens (including phenoxy) is 1. The van der Waals surface area contributed by atoms with Crippen LogP contribution in [0.5, 0.6) is 5.75 Å². The summed E-state index contributed by atoms with van der Waals surface area (Å²) < 4.78 is 6.82. The molecule has 0 bridgehead atoms. The molecule has 2 aromatic heterocycles. The molecule has 100 valence electrons. The first-order valence-electron chi connectivity index (χ1n) is 5.99. The summed E-state index contributed by atoms with van der Waals surface area (Å²) >= 11 is 0. The molecule has 0 aliphatic carbocycles. The number of aryl methyl sites for hydroxylation is 1. The van der Waals surface area contributed by atoms with Gasteiger partial charge in [0.15, 0.2) is 11.4 Å². The van der Waals surface area contributed by atoms with Gasteiger partial charge in [-0.2, -0.15) is 5.10 Å². The van der Waals surface area contributed by atoms with Crippen molar-refractivity contribution in [2.45, 2.75) is 26.8 Å². The normalized spacial score (nSPS) is 10.8. The lowest BCUT2D eigenvalue weighted by Gasteiger charge is -2.10. The summed E-state index contributed by atoms with van der Waals surface area (Å²) in [7, 11) is 1.51. The molecule has 2 rings (SSSR count). The Kier molecular flexibility index (Phi) is 3.59. The quantitative estimate of drug-likeness (QED) is 0.784. The van der Waals surface area contributed by atoms with Gasteiger partial charge < -0.3 is 4.74 Å². The van der Waals surface area contributed by atoms with Crippen molar-refractivity contribution in [1.82, 2.24) is 19.7 Å². The van der Waals surface area contributed by atoms with Crippen molar-refractivity contribution in [1.29, 1.82) is 0 Å². The molecule has 0 radical (unpaired) electrons. The number of ketones is 1. The van der Waals surface area contributed by atoms with E-state index in [-0.39, 0.29) is 17.5 Å². The minimum absolute atomic E-state index is 0.0567. The molecule has 0 aromatic carbocycles. The summed E-state index contributed by atoms with van der Waals surface area (Å²) in [5.41, 5.74) is 1.45. The average Bonchev–Trinajstić information content (AvgIpc) is 2.82. The van der Waals surface area contributed by atoms with Crippen LogP contribution in [0.15, 0.2) is 18.6 Å². The first-order valence-corrected chi connectivity index (χ1v) is 5.99. The first-order chi connectivity index (χ1) is 9.04. The van der Waals surface area contributed by atoms with Crippen molar-refractivity contribution in [2.24, 2.45) is 0 Å². The lowest BCUT2D eigenvalue weighted by Crippen LogP contribution is -2.15. The second-order valence-corrected chi connectivity index (χ2v) is 4.47. The van der Waals surface area contributed by atoms with Gasteiger partial charge in [0.2, 0.25) is 5.78 Å². The van der Waals surface area contributed by atoms with Crippen molar-refractivity contribution < 1.29 is 9.53 Å². The van der Waals surface area contributed by atoms with E-state index in [1.54, 1.807) is 10.9 Å². The predicted molar refractivity (Wildman–Crippen MR) is 69.4 cm³/mol. The highest BCUT2D eigenvalue weighted by molar-refractivity contribution is 6.08. The molecule has 2 heterocycles. The van der Waals surface area contributed by atoms with Gasteiger partial charge in [0, 0.05) is 12.2 Å². The van der Waals surface area contributed by atoms with Crippen LogP contribution in [0.2, 0.25) is 0 Å². The van der Waals surface area contributed by atoms with Crippen LogP contribution in [-0.4, -0.2) is 32.6 Å². The minimum Gasteiger partial charge on any atom is -0.493 e. The Morgan fingerprint density at radius 2 is 2.00 bits per heavy atom. The van der Waals surface area contributed by atoms with Crippen LogP contribution in [0.25, 0.3) is 0 Å². The van der Waals surface area contributed by atoms with Gasteiger partial charge in [-0.1, -0.05) is 0 Å². The molecule has 6 heteroatoms. The molecule has 0 aliphatic heterocycles. The van der Waals surface area contributed by atoms with E-state index in [9.17, 15) is 4.79 Å². The lowest BCUT2D eigenvalue weighted by molar-refractivity contribution is 0.101. The fraction of sp³-hybridized carbons (Fsp3) is 0.385. The Morgan fingerprint density at radius 1 is 1.26 bits per heavy atom. The zero-order chi connectivity index (χ0) is 14.0. The molecule has 0 saturated carbocycles. The van der Waals surface area contributed by atoms with E-state index in [2.05, 4.69) is 15.1 Å². The molecule has 0 atom stereocenters. The van der Waals surface area contributed by atoms with E-state index >= 15 is 0 Å². The summed E-state index contributed by atoms with van der Waals surface area (Å²) in [6.45, 7) is 5.72. The third-order valence-electron chi connectivity index (χ3n) is 2.70. The maximum Gasteiger partial charge on any atom is 0.234 e. The highest BCUT2D eigenvalue weighted by Gasteiger charge is 2.23. The van der Waals surface area contributed by atoms with E-state index in [1.807, 2.05) is 20.8 Å². The minimum atomic E-state index is -0.240. The van der Waals surface area contributed by atoms with Crippen LogP contribution in [-0.2, 0) is 0 Å². The molecule has 6 nitrogen and oxygen atoms in total. The Labute approximate surface area is 111 Å². The molecule has 0 aliphatic rings. The Bertz CT molecular complexity index is 587. The highest BCUT2D eigenvalue weighted by atomic mass is 16.5. The third-order valence-corrected chi connectivity index (χ3v) is 2.70. The number of methoxy groups -OCH3 is 1. The van der Waals surface area contributed by atoms with Gasteiger partial charge in [0.1, 0.15) is 5.69 Å². The molecule has 19 heavy (non-hydrogen) atoms. The third kappa shape index (κ3) is 2.47. The van der Waals surface area contributed by atoms with E-state index in [0.29, 0.717) is 11.4 Å². The van der Waals surface area contributed by atoms with Gasteiger partial charge in [-0.3, -0.25) is 14.5 Å². The van der Waals surface area contributed by atoms with Crippen molar-refractivity contribution in [3.8, 4) is 5.75 Å². The Hall–Kier alpha value is -2.24. The summed E-state index contributed by atoms with van der Waals surface area (Å²) in [4.78, 5) is 20.7. The van der Waals surface area contributed by atoms with Gasteiger partial charge >= 0.3 is 0 Å². The Balaban J connectivity index is 2.48. The standard InChI is InChI=1S/C13H16N4O2/c1-8(2)17-12(11(19-4)7-16-17)13(18)10-6-14-9(3)5-15-10/h5-8H,1-4H3. The maximum absolute atomic E-state index is 12.5. The number of aromatic nitrogens is 4. The average molecular weight is 260 g/mol. The SMILES string of the molecule is COc1cnn(C(C)C)c1C(=O)c1cnc(C)cn1. The molecular formula is C13H16N4O2. The van der Waals surface area contributed by atoms with Crippen molar-refractivity contribution in [2.75, 3.05) is 7.11 Å². The predicted octanol–water partition coefficient (Wildman–Crippen LogP) is 1.80. The Morgan fingerprint density at radius 3 is 2.53 bits per heavy atom. The smallest absolute Gasteiger partial charge is 0.234 e. The topological polar surface area (TPSA) is 69.9 Å². The van der Waals surface area contributed by atoms with Crippen LogP contribution in [0.1, 0.15) is 41.8 Å². The van der Waals surface area contributed by atoms with E-state index in [0.717, 1.165) is 5.69 Å². The fourth-order valence-corrected chi connectivity index (χ4v) is 1.73. The van der Waals surface area contributed by atoms with Crippen molar-refractivity contribution >= 4 is 5.78 Å². The van der Waals surface area contributed by atoms with E-state index < -0.39 is 0 Å². The second-order valence-electron chi connectivity index (χ2n) is 4.47. The lowest BCUT2D eigenvalue weighted by atomic mass is 10.2. The number of carbonyl (C=O) groups excluding carboxylic acids is 1. The van der Waals surface area contributed by atoms with Gasteiger partial charge in [0.25, 0.3) is 0 Å². The van der Waals surface area contributed by atoms with Crippen LogP contribution in [0.3, 0.4) is 0 Å². The zero-order valence-electron chi connectivity index (χ0n) is 11.4. The van der Waals surface area contributed by atoms with E-state index in [1.165, 1.54) is 19.5 Å². The molecular weight excluding hydrogens is 244 g/mol. The van der Waals surface area contributed by atoms with Crippen LogP contribution in [0.4, 0.5) is 0 Å². The monoisotopic (exact) mass is 260 g/mol. The van der Waals surface area contributed by atoms with Crippen molar-refractivity contribution in [3.05, 3.63) is 35.7 Å². The summed E-state index contributed by atoms with van der Waals surface area (Å²) in [6.07, 6.45) is 4.57. The maximum atomic E-state index is 12.5. The summed E-state index contributed by atoms with van der Waals surface area (Å²) in [5, 5.41) is 4.17. The highest BCUT2D eigenvalue weighted by Crippen LogP contribution is 2.23. The van der Waals surface area contributed by atoms with E-state index in [4.69, 9.17) is 4.74 Å². The molecule has 0 N–H and O–H groups in total. The fourth-order valence-electron chi connectivity index (χ4n) is 1.73. The molecule has 0 fully saturated rings. The van der Waals surface area contributed by atoms with Gasteiger partial charge in [-0.15, -0.1) is 0 Å². The van der Waals surface area contributed by atoms with Crippen LogP contribution in [0, 0.1) is 6.92 Å². The molecule has 0 amide bonds. The molecule has 0 saturated heterocycles. The number of hydrogen-bond donors (Lipinski definition) is 0. The molecule has 2 aromatic rings. The zero-order valence-corrected chi connectivity index (χ0v) is 11.4. The van der Waals surface area contributed by atoms with Gasteiger partial charge in [-0.05, 0) is 20.8 Å². The van der Waals surface area contributed by atoms with Crippen LogP contribution < -0.4 is 4.74 Å². The second kappa shape index (κ2) is 5.17. The summed E-state index contributed by atoms with van der Waals surface area (Å²) in [5.74, 6) is 0.205. The van der Waals surface area contributed by atoms with Gasteiger partial charge in [0.05, 0.1) is 25.2 Å². The summed E-state index contributed by atoms with van der Waals surface area (Å²) in [6, 6.07) is 0.0567. The molecule has 0 spiro atoms. The first kappa shape index (κ1) is 13.2. The number of hydrogen-bond acceptors (Lipinski definition) is 5.